The van der Waals surface area contributed by atoms with Crippen LogP contribution in [0.5, 0.6) is 0 Å². The maximum absolute atomic E-state index is 2.73. The molecule has 0 aromatic heterocycles. The third-order valence-electron chi connectivity index (χ3n) is 2.59. The van der Waals surface area contributed by atoms with Gasteiger partial charge in [-0.2, -0.15) is 0 Å². The van der Waals surface area contributed by atoms with E-state index in [2.05, 4.69) is 66.4 Å². The van der Waals surface area contributed by atoms with E-state index in [1.807, 2.05) is 0 Å². The minimum absolute atomic E-state index is 0.863. The Bertz CT molecular complexity index is 239. The molecule has 0 saturated carbocycles. The van der Waals surface area contributed by atoms with Gasteiger partial charge >= 0.3 is 109 Å². The maximum atomic E-state index is 2.73. The Balaban J connectivity index is 2.34. The van der Waals surface area contributed by atoms with E-state index in [1.165, 1.54) is 0 Å². The summed E-state index contributed by atoms with van der Waals surface area (Å²) in [6.45, 7) is 5.46. The number of hydrogen-bond acceptors (Lipinski definition) is 4. The summed E-state index contributed by atoms with van der Waals surface area (Å²) < 4.78 is 0. The molecule has 0 atom stereocenters. The number of fused-ring (bicyclic) bond motifs is 1. The van der Waals surface area contributed by atoms with Crippen LogP contribution in [-0.2, 0) is 0 Å². The van der Waals surface area contributed by atoms with Crippen LogP contribution in [0, 0.1) is 0 Å². The quantitative estimate of drug-likeness (QED) is 0.437. The Labute approximate surface area is 107 Å². The van der Waals surface area contributed by atoms with Crippen molar-refractivity contribution in [2.45, 2.75) is 32.9 Å². The summed E-state index contributed by atoms with van der Waals surface area (Å²) in [6.07, 6.45) is 0. The van der Waals surface area contributed by atoms with Crippen LogP contribution < -0.4 is 0 Å². The van der Waals surface area contributed by atoms with Gasteiger partial charge in [0.1, 0.15) is 0 Å². The monoisotopic (exact) mass is 514 g/mol. The number of hydrogen-bond donors (Lipinski definition) is 0. The zero-order valence-corrected chi connectivity index (χ0v) is 20.6. The molecule has 82 valence electrons. The van der Waals surface area contributed by atoms with Crippen LogP contribution >= 0.6 is 33.6 Å². The Morgan fingerprint density at radius 2 is 0.857 bits per heavy atom. The van der Waals surface area contributed by atoms with Gasteiger partial charge in [0.15, 0.2) is 0 Å². The molecule has 2 saturated heterocycles. The van der Waals surface area contributed by atoms with Crippen molar-refractivity contribution in [3.8, 4) is 0 Å². The molecule has 0 aromatic rings. The zero-order chi connectivity index (χ0) is 10.8. The van der Waals surface area contributed by atoms with Gasteiger partial charge in [0.2, 0.25) is 0 Å². The summed E-state index contributed by atoms with van der Waals surface area (Å²) in [4.78, 5) is 10.6. The van der Waals surface area contributed by atoms with E-state index >= 15 is 0 Å². The first-order chi connectivity index (χ1) is 6.08. The fraction of sp³-hybridized carbons (Fsp3) is 1.00. The molecule has 2 aliphatic rings. The van der Waals surface area contributed by atoms with E-state index in [0.717, 1.165) is 0 Å². The van der Waals surface area contributed by atoms with Gasteiger partial charge in [-0.15, -0.1) is 0 Å². The van der Waals surface area contributed by atoms with Gasteiger partial charge in [0.05, 0.1) is 0 Å². The second kappa shape index (κ2) is 3.96. The molecule has 0 spiro atoms. The Morgan fingerprint density at radius 1 is 0.643 bits per heavy atom. The van der Waals surface area contributed by atoms with Crippen molar-refractivity contribution in [1.82, 2.24) is 0 Å². The molecule has 0 amide bonds. The molecule has 0 aromatic carbocycles. The van der Waals surface area contributed by atoms with Crippen molar-refractivity contribution in [3.63, 3.8) is 0 Å². The molecule has 0 aliphatic carbocycles. The molecule has 14 heavy (non-hydrogen) atoms. The Kier molecular flexibility index (Phi) is 3.92. The van der Waals surface area contributed by atoms with Crippen molar-refractivity contribution >= 4 is 76.6 Å². The molecule has 2 aliphatic heterocycles. The van der Waals surface area contributed by atoms with Crippen LogP contribution in [0.4, 0.5) is 0 Å². The van der Waals surface area contributed by atoms with Crippen molar-refractivity contribution < 1.29 is 0 Å². The Hall–Kier alpha value is 3.43. The first kappa shape index (κ1) is 13.9. The summed E-state index contributed by atoms with van der Waals surface area (Å²) in [5.74, 6) is -1.73. The summed E-state index contributed by atoms with van der Waals surface area (Å²) >= 11 is -3.25. The summed E-state index contributed by atoms with van der Waals surface area (Å²) in [5, 5.41) is 0. The second-order valence-corrected chi connectivity index (χ2v) is 102. The molecule has 0 unspecified atom stereocenters. The van der Waals surface area contributed by atoms with Crippen molar-refractivity contribution in [1.29, 1.82) is 0 Å². The minimum atomic E-state index is -1.62. The molecular weight excluding hydrogens is 494 g/mol. The molecule has 8 heteroatoms. The predicted octanol–water partition coefficient (Wildman–Crippen LogP) is 4.57. The standard InChI is InChI=1S/C2H6S4Si2.4CH3.2Sn/c1-7(3,4)8(2,5)6;;;;;;/h1-2H3;4*1H3;;/q-4;;;;;2*+2. The second-order valence-electron chi connectivity index (χ2n) is 5.10. The van der Waals surface area contributed by atoms with E-state index in [4.69, 9.17) is 0 Å². The van der Waals surface area contributed by atoms with Gasteiger partial charge in [-0.1, -0.05) is 0 Å². The molecule has 2 fully saturated rings. The summed E-state index contributed by atoms with van der Waals surface area (Å²) in [7, 11) is 10.4. The SMILES string of the molecule is C[Si]12[S][Sn]([CH3])([CH3])[S][Si]1(C)[S][Sn]([CH3])([CH3])[S]2. The van der Waals surface area contributed by atoms with E-state index < -0.39 is 43.0 Å². The first-order valence-electron chi connectivity index (χ1n) is 4.88. The van der Waals surface area contributed by atoms with Crippen LogP contribution in [0.2, 0.25) is 32.9 Å². The van der Waals surface area contributed by atoms with Gasteiger partial charge in [-0.05, 0) is 0 Å². The summed E-state index contributed by atoms with van der Waals surface area (Å²) in [5.41, 5.74) is 0. The predicted molar refractivity (Wildman–Crippen MR) is 88.6 cm³/mol. The topological polar surface area (TPSA) is 0 Å². The van der Waals surface area contributed by atoms with Gasteiger partial charge in [0.25, 0.3) is 0 Å². The summed E-state index contributed by atoms with van der Waals surface area (Å²) in [6, 6.07) is 0. The van der Waals surface area contributed by atoms with Gasteiger partial charge in [-0.25, -0.2) is 0 Å². The van der Waals surface area contributed by atoms with E-state index in [0.29, 0.717) is 0 Å². The van der Waals surface area contributed by atoms with Gasteiger partial charge in [0, 0.05) is 0 Å². The molecular formula is C6H18S4Si2Sn2. The number of rotatable bonds is 0. The average Bonchev–Trinajstić information content (AvgIpc) is 1.99. The van der Waals surface area contributed by atoms with Crippen LogP contribution in [-0.4, -0.2) is 43.0 Å². The van der Waals surface area contributed by atoms with Crippen LogP contribution in [0.1, 0.15) is 0 Å². The van der Waals surface area contributed by atoms with Crippen molar-refractivity contribution in [2.24, 2.45) is 0 Å². The van der Waals surface area contributed by atoms with Gasteiger partial charge in [-0.3, -0.25) is 0 Å². The zero-order valence-electron chi connectivity index (χ0n) is 9.63. The average molecular weight is 512 g/mol. The molecule has 0 radical (unpaired) electrons. The normalized spacial score (nSPS) is 49.3. The molecule has 0 N–H and O–H groups in total. The van der Waals surface area contributed by atoms with E-state index in [-0.39, 0.29) is 0 Å². The van der Waals surface area contributed by atoms with Gasteiger partial charge < -0.3 is 0 Å². The third kappa shape index (κ3) is 2.42. The third-order valence-corrected chi connectivity index (χ3v) is 198. The van der Waals surface area contributed by atoms with Crippen molar-refractivity contribution in [2.75, 3.05) is 0 Å². The molecule has 2 rings (SSSR count). The van der Waals surface area contributed by atoms with Crippen LogP contribution in [0.15, 0.2) is 0 Å². The molecule has 0 bridgehead atoms. The fourth-order valence-corrected chi connectivity index (χ4v) is 497. The Morgan fingerprint density at radius 3 is 1.07 bits per heavy atom. The van der Waals surface area contributed by atoms with Crippen LogP contribution in [0.3, 0.4) is 0 Å². The molecule has 2 heterocycles. The van der Waals surface area contributed by atoms with Crippen LogP contribution in [0.25, 0.3) is 0 Å². The first-order valence-corrected chi connectivity index (χ1v) is 42.4. The molecule has 0 nitrogen and oxygen atoms in total. The van der Waals surface area contributed by atoms with E-state index in [9.17, 15) is 0 Å². The fourth-order valence-electron chi connectivity index (χ4n) is 2.33. The van der Waals surface area contributed by atoms with E-state index in [1.54, 1.807) is 0 Å². The van der Waals surface area contributed by atoms with Crippen molar-refractivity contribution in [3.05, 3.63) is 0 Å².